The number of carbonyl (C=O) groups is 5. The molecule has 9 unspecified atom stereocenters. The Balaban J connectivity index is 1.67. The van der Waals surface area contributed by atoms with Crippen LogP contribution >= 0.6 is 0 Å². The predicted octanol–water partition coefficient (Wildman–Crippen LogP) is 3.29. The maximum absolute atomic E-state index is 14.6. The molecule has 0 saturated carbocycles. The molecule has 1 aliphatic carbocycles. The summed E-state index contributed by atoms with van der Waals surface area (Å²) in [5, 5.41) is 36.9. The normalized spacial score (nSPS) is 33.9. The molecule has 1 saturated heterocycles. The molecule has 1 aromatic rings. The molecule has 0 radical (unpaired) electrons. The molecule has 1 amide bonds. The SMILES string of the molecule is COC1/C=C/OC2(C)Oc3c(C)c(O)c4c(c3C2=O)C(=O)C(N2CCOCC2)=C(NC(=O)/C(C)=C/C=C/C(C)C(O)C(C)C(O)C(C)C(OC(C)=O)C1C)C4=O. The Labute approximate surface area is 325 Å². The number of ether oxygens (including phenoxy) is 5. The van der Waals surface area contributed by atoms with Crippen LogP contribution in [0, 0.1) is 30.6 Å². The Morgan fingerprint density at radius 2 is 1.59 bits per heavy atom. The number of methoxy groups -OCH3 is 1. The number of rotatable bonds is 3. The van der Waals surface area contributed by atoms with Crippen molar-refractivity contribution in [3.05, 3.63) is 69.8 Å². The smallest absolute Gasteiger partial charge is 0.312 e. The molecule has 56 heavy (non-hydrogen) atoms. The Hall–Kier alpha value is -4.83. The van der Waals surface area contributed by atoms with Gasteiger partial charge in [0, 0.05) is 68.9 Å². The molecule has 15 nitrogen and oxygen atoms in total. The standard InChI is InChI=1S/C41H52N2O13/c1-19-11-10-12-20(2)40(51)42-30-31(43-14-17-53-18-15-43)36(49)27-28(35(30)48)34(47)24(6)38-29(27)39(50)41(8,56-38)54-16-13-26(52-9)21(3)37(55-25(7)44)23(5)33(46)22(4)32(19)45/h10-13,16,19,21-23,26,32-33,37,45-47H,14-15,17-18H2,1-9H3,(H,42,51)/b11-10+,16-13+,20-12+. The number of nitrogens with zero attached hydrogens (tertiary/aromatic N) is 1. The highest BCUT2D eigenvalue weighted by Gasteiger charge is 2.53. The van der Waals surface area contributed by atoms with E-state index in [1.807, 2.05) is 0 Å². The second-order valence-electron chi connectivity index (χ2n) is 15.1. The Morgan fingerprint density at radius 3 is 2.21 bits per heavy atom. The lowest BCUT2D eigenvalue weighted by Crippen LogP contribution is -2.46. The van der Waals surface area contributed by atoms with Gasteiger partial charge in [0.15, 0.2) is 0 Å². The van der Waals surface area contributed by atoms with E-state index in [-0.39, 0.29) is 65.7 Å². The fraction of sp³-hybridized carbons (Fsp3) is 0.537. The number of aliphatic hydroxyl groups excluding tert-OH is 2. The molecule has 0 spiro atoms. The number of phenolic OH excluding ortho intramolecular Hbond substituents is 1. The van der Waals surface area contributed by atoms with Crippen LogP contribution in [0.5, 0.6) is 11.5 Å². The molecule has 0 aromatic heterocycles. The highest BCUT2D eigenvalue weighted by atomic mass is 16.7. The number of Topliss-reactive ketones (excluding diaryl/α,β-unsaturated/α-hetero) is 3. The number of benzene rings is 1. The highest BCUT2D eigenvalue weighted by molar-refractivity contribution is 6.32. The zero-order valence-electron chi connectivity index (χ0n) is 33.2. The van der Waals surface area contributed by atoms with Gasteiger partial charge in [-0.15, -0.1) is 0 Å². The highest BCUT2D eigenvalue weighted by Crippen LogP contribution is 2.49. The fourth-order valence-electron chi connectivity index (χ4n) is 7.76. The van der Waals surface area contributed by atoms with Gasteiger partial charge >= 0.3 is 11.8 Å². The third-order valence-corrected chi connectivity index (χ3v) is 11.3. The molecule has 4 heterocycles. The number of phenols is 1. The first-order chi connectivity index (χ1) is 26.4. The maximum Gasteiger partial charge on any atom is 0.312 e. The lowest BCUT2D eigenvalue weighted by molar-refractivity contribution is -0.160. The molecule has 304 valence electrons. The van der Waals surface area contributed by atoms with Gasteiger partial charge in [-0.2, -0.15) is 0 Å². The van der Waals surface area contributed by atoms with E-state index in [1.165, 1.54) is 53.2 Å². The van der Waals surface area contributed by atoms with E-state index in [4.69, 9.17) is 23.7 Å². The lowest BCUT2D eigenvalue weighted by Gasteiger charge is -2.38. The first kappa shape index (κ1) is 42.3. The topological polar surface area (TPSA) is 207 Å². The fourth-order valence-corrected chi connectivity index (χ4v) is 7.76. The molecular formula is C41H52N2O13. The molecule has 5 aliphatic rings. The number of nitrogens with one attached hydrogen (secondary N) is 1. The van der Waals surface area contributed by atoms with Crippen molar-refractivity contribution in [3.63, 3.8) is 0 Å². The Bertz CT molecular complexity index is 1910. The number of morpholine rings is 1. The molecule has 6 rings (SSSR count). The Kier molecular flexibility index (Phi) is 12.6. The van der Waals surface area contributed by atoms with Crippen LogP contribution in [0.15, 0.2) is 47.5 Å². The number of allylic oxidation sites excluding steroid dienone is 4. The first-order valence-corrected chi connectivity index (χ1v) is 18.7. The van der Waals surface area contributed by atoms with Crippen molar-refractivity contribution in [2.75, 3.05) is 33.4 Å². The van der Waals surface area contributed by atoms with Crippen LogP contribution in [0.25, 0.3) is 0 Å². The van der Waals surface area contributed by atoms with Crippen LogP contribution in [0.4, 0.5) is 0 Å². The van der Waals surface area contributed by atoms with Crippen molar-refractivity contribution in [3.8, 4) is 11.5 Å². The van der Waals surface area contributed by atoms with E-state index in [1.54, 1.807) is 44.7 Å². The van der Waals surface area contributed by atoms with E-state index < -0.39 is 94.4 Å². The number of hydrogen-bond acceptors (Lipinski definition) is 14. The van der Waals surface area contributed by atoms with E-state index in [0.29, 0.717) is 0 Å². The number of fused-ring (bicyclic) bond motifs is 14. The summed E-state index contributed by atoms with van der Waals surface area (Å²) in [5.41, 5.74) is -1.47. The van der Waals surface area contributed by atoms with Gasteiger partial charge in [0.2, 0.25) is 11.6 Å². The van der Waals surface area contributed by atoms with E-state index >= 15 is 0 Å². The van der Waals surface area contributed by atoms with Crippen molar-refractivity contribution in [1.29, 1.82) is 0 Å². The molecule has 1 fully saturated rings. The van der Waals surface area contributed by atoms with Crippen molar-refractivity contribution in [1.82, 2.24) is 10.2 Å². The maximum atomic E-state index is 14.6. The van der Waals surface area contributed by atoms with Gasteiger partial charge in [-0.25, -0.2) is 0 Å². The molecule has 9 atom stereocenters. The lowest BCUT2D eigenvalue weighted by atomic mass is 9.78. The zero-order chi connectivity index (χ0) is 41.4. The average Bonchev–Trinajstić information content (AvgIpc) is 3.43. The largest absolute Gasteiger partial charge is 0.507 e. The number of aliphatic hydroxyl groups is 2. The summed E-state index contributed by atoms with van der Waals surface area (Å²) >= 11 is 0. The van der Waals surface area contributed by atoms with Crippen molar-refractivity contribution < 1.29 is 63.0 Å². The van der Waals surface area contributed by atoms with Crippen LogP contribution < -0.4 is 10.1 Å². The van der Waals surface area contributed by atoms with Gasteiger partial charge in [0.25, 0.3) is 11.7 Å². The van der Waals surface area contributed by atoms with Gasteiger partial charge < -0.3 is 49.2 Å². The second-order valence-corrected chi connectivity index (χ2v) is 15.1. The minimum absolute atomic E-state index is 0.00230. The van der Waals surface area contributed by atoms with Crippen LogP contribution in [0.2, 0.25) is 0 Å². The second kappa shape index (κ2) is 16.7. The number of ketones is 3. The molecular weight excluding hydrogens is 728 g/mol. The van der Waals surface area contributed by atoms with E-state index in [9.17, 15) is 39.3 Å². The summed E-state index contributed by atoms with van der Waals surface area (Å²) in [5.74, 6) is -9.09. The summed E-state index contributed by atoms with van der Waals surface area (Å²) in [6.07, 6.45) is 3.44. The quantitative estimate of drug-likeness (QED) is 0.325. The third-order valence-electron chi connectivity index (χ3n) is 11.3. The summed E-state index contributed by atoms with van der Waals surface area (Å²) in [4.78, 5) is 70.9. The number of carbonyl (C=O) groups excluding carboxylic acids is 5. The average molecular weight is 781 g/mol. The van der Waals surface area contributed by atoms with Crippen molar-refractivity contribution >= 4 is 29.2 Å². The van der Waals surface area contributed by atoms with Gasteiger partial charge in [-0.05, 0) is 19.9 Å². The van der Waals surface area contributed by atoms with Crippen LogP contribution in [-0.2, 0) is 28.5 Å². The van der Waals surface area contributed by atoms with E-state index in [0.717, 1.165) is 0 Å². The minimum atomic E-state index is -2.07. The summed E-state index contributed by atoms with van der Waals surface area (Å²) in [7, 11) is 1.43. The van der Waals surface area contributed by atoms with Crippen molar-refractivity contribution in [2.45, 2.75) is 85.6 Å². The third kappa shape index (κ3) is 7.77. The summed E-state index contributed by atoms with van der Waals surface area (Å²) < 4.78 is 28.9. The summed E-state index contributed by atoms with van der Waals surface area (Å²) in [6.45, 7) is 13.2. The molecule has 4 N–H and O–H groups in total. The van der Waals surface area contributed by atoms with Crippen molar-refractivity contribution in [2.24, 2.45) is 23.7 Å². The summed E-state index contributed by atoms with van der Waals surface area (Å²) in [6, 6.07) is 0. The van der Waals surface area contributed by atoms with Gasteiger partial charge in [0.05, 0.1) is 54.5 Å². The Morgan fingerprint density at radius 1 is 0.929 bits per heavy atom. The van der Waals surface area contributed by atoms with Crippen LogP contribution in [0.1, 0.15) is 85.1 Å². The number of esters is 1. The van der Waals surface area contributed by atoms with Crippen LogP contribution in [0.3, 0.4) is 0 Å². The monoisotopic (exact) mass is 780 g/mol. The minimum Gasteiger partial charge on any atom is -0.507 e. The molecule has 1 aromatic carbocycles. The van der Waals surface area contributed by atoms with Crippen LogP contribution in [-0.4, -0.2) is 113 Å². The van der Waals surface area contributed by atoms with Gasteiger partial charge in [0.1, 0.15) is 29.0 Å². The predicted molar refractivity (Wildman–Crippen MR) is 201 cm³/mol. The molecule has 4 aliphatic heterocycles. The molecule has 15 heteroatoms. The molecule has 5 bridgehead atoms. The van der Waals surface area contributed by atoms with Gasteiger partial charge in [-0.1, -0.05) is 45.9 Å². The number of hydrogen-bond donors (Lipinski definition) is 4. The number of aromatic hydroxyl groups is 1. The zero-order valence-corrected chi connectivity index (χ0v) is 33.2. The first-order valence-electron chi connectivity index (χ1n) is 18.7. The van der Waals surface area contributed by atoms with Gasteiger partial charge in [-0.3, -0.25) is 24.0 Å². The van der Waals surface area contributed by atoms with E-state index in [2.05, 4.69) is 5.32 Å². The number of amides is 1.